The van der Waals surface area contributed by atoms with Gasteiger partial charge in [0.05, 0.1) is 24.8 Å². The van der Waals surface area contributed by atoms with Gasteiger partial charge in [-0.3, -0.25) is 9.69 Å². The van der Waals surface area contributed by atoms with Gasteiger partial charge in [-0.2, -0.15) is 17.0 Å². The maximum absolute atomic E-state index is 12.4. The Morgan fingerprint density at radius 3 is 2.96 bits per heavy atom. The number of nitriles is 1. The van der Waals surface area contributed by atoms with Crippen molar-refractivity contribution in [3.05, 3.63) is 35.4 Å². The SMILES string of the molecule is N#Cc1cccc(C(=O)NCC2(N3CCOCC3)CCSC2)c1. The van der Waals surface area contributed by atoms with Crippen LogP contribution in [0.25, 0.3) is 0 Å². The highest BCUT2D eigenvalue weighted by molar-refractivity contribution is 7.99. The molecule has 0 saturated carbocycles. The molecule has 3 rings (SSSR count). The van der Waals surface area contributed by atoms with E-state index < -0.39 is 0 Å². The molecule has 2 heterocycles. The number of hydrogen-bond acceptors (Lipinski definition) is 5. The molecule has 2 aliphatic heterocycles. The summed E-state index contributed by atoms with van der Waals surface area (Å²) in [6, 6.07) is 8.92. The van der Waals surface area contributed by atoms with E-state index >= 15 is 0 Å². The molecule has 0 aromatic heterocycles. The molecule has 1 aromatic carbocycles. The van der Waals surface area contributed by atoms with E-state index in [1.165, 1.54) is 0 Å². The lowest BCUT2D eigenvalue weighted by atomic mass is 9.95. The molecule has 1 unspecified atom stereocenters. The van der Waals surface area contributed by atoms with Crippen LogP contribution in [0.1, 0.15) is 22.3 Å². The summed E-state index contributed by atoms with van der Waals surface area (Å²) in [5.41, 5.74) is 1.10. The third-order valence-electron chi connectivity index (χ3n) is 4.60. The van der Waals surface area contributed by atoms with E-state index in [1.54, 1.807) is 24.3 Å². The summed E-state index contributed by atoms with van der Waals surface area (Å²) in [6.07, 6.45) is 1.09. The molecule has 0 radical (unpaired) electrons. The van der Waals surface area contributed by atoms with Crippen molar-refractivity contribution in [3.63, 3.8) is 0 Å². The van der Waals surface area contributed by atoms with Crippen LogP contribution in [-0.4, -0.2) is 60.7 Å². The van der Waals surface area contributed by atoms with Gasteiger partial charge in [0.1, 0.15) is 0 Å². The topological polar surface area (TPSA) is 65.4 Å². The molecular weight excluding hydrogens is 310 g/mol. The predicted molar refractivity (Wildman–Crippen MR) is 90.6 cm³/mol. The molecule has 23 heavy (non-hydrogen) atoms. The van der Waals surface area contributed by atoms with E-state index in [0.717, 1.165) is 44.2 Å². The predicted octanol–water partition coefficient (Wildman–Crippen LogP) is 1.50. The van der Waals surface area contributed by atoms with Crippen LogP contribution in [0.4, 0.5) is 0 Å². The van der Waals surface area contributed by atoms with Gasteiger partial charge in [-0.25, -0.2) is 0 Å². The van der Waals surface area contributed by atoms with Gasteiger partial charge in [-0.05, 0) is 30.4 Å². The number of thioether (sulfide) groups is 1. The number of morpholine rings is 1. The Labute approximate surface area is 141 Å². The van der Waals surface area contributed by atoms with Crippen molar-refractivity contribution < 1.29 is 9.53 Å². The normalized spacial score (nSPS) is 25.0. The van der Waals surface area contributed by atoms with E-state index in [9.17, 15) is 4.79 Å². The first-order chi connectivity index (χ1) is 11.2. The standard InChI is InChI=1S/C17H21N3O2S/c18-11-14-2-1-3-15(10-14)16(21)19-12-17(4-9-23-13-17)20-5-7-22-8-6-20/h1-3,10H,4-9,12-13H2,(H,19,21). The monoisotopic (exact) mass is 331 g/mol. The minimum atomic E-state index is -0.105. The van der Waals surface area contributed by atoms with Crippen LogP contribution >= 0.6 is 11.8 Å². The van der Waals surface area contributed by atoms with Gasteiger partial charge >= 0.3 is 0 Å². The van der Waals surface area contributed by atoms with E-state index in [0.29, 0.717) is 17.7 Å². The molecule has 1 aromatic rings. The first-order valence-corrected chi connectivity index (χ1v) is 9.08. The Morgan fingerprint density at radius 2 is 2.26 bits per heavy atom. The molecule has 2 saturated heterocycles. The van der Waals surface area contributed by atoms with Gasteiger partial charge in [0.2, 0.25) is 0 Å². The fourth-order valence-corrected chi connectivity index (χ4v) is 4.69. The quantitative estimate of drug-likeness (QED) is 0.906. The van der Waals surface area contributed by atoms with Gasteiger partial charge in [0.15, 0.2) is 0 Å². The highest BCUT2D eigenvalue weighted by Crippen LogP contribution is 2.33. The van der Waals surface area contributed by atoms with Crippen LogP contribution in [0, 0.1) is 11.3 Å². The molecule has 2 aliphatic rings. The van der Waals surface area contributed by atoms with Crippen LogP contribution in [-0.2, 0) is 4.74 Å². The summed E-state index contributed by atoms with van der Waals surface area (Å²) in [7, 11) is 0. The fourth-order valence-electron chi connectivity index (χ4n) is 3.21. The van der Waals surface area contributed by atoms with Gasteiger partial charge in [-0.1, -0.05) is 6.07 Å². The largest absolute Gasteiger partial charge is 0.379 e. The molecule has 122 valence electrons. The number of nitrogens with one attached hydrogen (secondary N) is 1. The fraction of sp³-hybridized carbons (Fsp3) is 0.529. The minimum Gasteiger partial charge on any atom is -0.379 e. The number of hydrogen-bond donors (Lipinski definition) is 1. The Kier molecular flexibility index (Phi) is 5.21. The van der Waals surface area contributed by atoms with E-state index in [2.05, 4.69) is 16.3 Å². The van der Waals surface area contributed by atoms with Crippen LogP contribution in [0.3, 0.4) is 0 Å². The summed E-state index contributed by atoms with van der Waals surface area (Å²) in [6.45, 7) is 4.05. The summed E-state index contributed by atoms with van der Waals surface area (Å²) < 4.78 is 5.46. The van der Waals surface area contributed by atoms with Gasteiger partial charge in [0.25, 0.3) is 5.91 Å². The van der Waals surface area contributed by atoms with E-state index in [-0.39, 0.29) is 11.4 Å². The Balaban J connectivity index is 1.66. The Bertz CT molecular complexity index is 602. The average molecular weight is 331 g/mol. The van der Waals surface area contributed by atoms with Gasteiger partial charge in [0, 0.05) is 36.5 Å². The van der Waals surface area contributed by atoms with E-state index in [1.807, 2.05) is 11.8 Å². The molecule has 1 N–H and O–H groups in total. The number of ether oxygens (including phenoxy) is 1. The molecule has 6 heteroatoms. The lowest BCUT2D eigenvalue weighted by Crippen LogP contribution is -2.59. The molecule has 0 aliphatic carbocycles. The first-order valence-electron chi connectivity index (χ1n) is 7.92. The number of amides is 1. The van der Waals surface area contributed by atoms with Crippen LogP contribution in [0.15, 0.2) is 24.3 Å². The molecule has 5 nitrogen and oxygen atoms in total. The van der Waals surface area contributed by atoms with Crippen molar-refractivity contribution in [2.75, 3.05) is 44.4 Å². The summed E-state index contributed by atoms with van der Waals surface area (Å²) in [5, 5.41) is 12.0. The number of rotatable bonds is 4. The van der Waals surface area contributed by atoms with Crippen molar-refractivity contribution in [1.82, 2.24) is 10.2 Å². The van der Waals surface area contributed by atoms with Crippen LogP contribution < -0.4 is 5.32 Å². The van der Waals surface area contributed by atoms with Crippen LogP contribution in [0.2, 0.25) is 0 Å². The zero-order chi connectivity index (χ0) is 16.1. The van der Waals surface area contributed by atoms with Gasteiger partial charge in [-0.15, -0.1) is 0 Å². The van der Waals surface area contributed by atoms with Crippen molar-refractivity contribution in [3.8, 4) is 6.07 Å². The summed E-state index contributed by atoms with van der Waals surface area (Å²) >= 11 is 1.95. The van der Waals surface area contributed by atoms with Crippen molar-refractivity contribution in [2.45, 2.75) is 12.0 Å². The summed E-state index contributed by atoms with van der Waals surface area (Å²) in [4.78, 5) is 14.9. The lowest BCUT2D eigenvalue weighted by Gasteiger charge is -2.43. The Morgan fingerprint density at radius 1 is 1.43 bits per heavy atom. The molecule has 1 atom stereocenters. The van der Waals surface area contributed by atoms with Crippen molar-refractivity contribution in [2.24, 2.45) is 0 Å². The van der Waals surface area contributed by atoms with Crippen molar-refractivity contribution in [1.29, 1.82) is 5.26 Å². The highest BCUT2D eigenvalue weighted by Gasteiger charge is 2.40. The molecule has 2 fully saturated rings. The third-order valence-corrected chi connectivity index (χ3v) is 5.83. The summed E-state index contributed by atoms with van der Waals surface area (Å²) in [5.74, 6) is 2.08. The number of benzene rings is 1. The van der Waals surface area contributed by atoms with Gasteiger partial charge < -0.3 is 10.1 Å². The minimum absolute atomic E-state index is 0.0386. The zero-order valence-corrected chi connectivity index (χ0v) is 13.9. The molecular formula is C17H21N3O2S. The average Bonchev–Trinajstić information content (AvgIpc) is 3.11. The number of nitrogens with zero attached hydrogens (tertiary/aromatic N) is 2. The van der Waals surface area contributed by atoms with Crippen molar-refractivity contribution >= 4 is 17.7 Å². The first kappa shape index (κ1) is 16.3. The second-order valence-electron chi connectivity index (χ2n) is 6.00. The molecule has 0 spiro atoms. The molecule has 0 bridgehead atoms. The van der Waals surface area contributed by atoms with E-state index in [4.69, 9.17) is 10.00 Å². The lowest BCUT2D eigenvalue weighted by molar-refractivity contribution is -0.0129. The van der Waals surface area contributed by atoms with Crippen LogP contribution in [0.5, 0.6) is 0 Å². The Hall–Kier alpha value is -1.55. The zero-order valence-electron chi connectivity index (χ0n) is 13.1. The maximum atomic E-state index is 12.4. The third kappa shape index (κ3) is 3.69. The highest BCUT2D eigenvalue weighted by atomic mass is 32.2. The number of carbonyl (C=O) groups is 1. The molecule has 1 amide bonds. The second kappa shape index (κ2) is 7.35. The smallest absolute Gasteiger partial charge is 0.251 e. The number of carbonyl (C=O) groups excluding carboxylic acids is 1. The maximum Gasteiger partial charge on any atom is 0.251 e. The second-order valence-corrected chi connectivity index (χ2v) is 7.11.